The van der Waals surface area contributed by atoms with E-state index in [-0.39, 0.29) is 30.4 Å². The number of halogens is 1. The highest BCUT2D eigenvalue weighted by Gasteiger charge is 2.27. The summed E-state index contributed by atoms with van der Waals surface area (Å²) in [5.41, 5.74) is 1.58. The molecule has 0 saturated heterocycles. The number of ether oxygens (including phenoxy) is 1. The Bertz CT molecular complexity index is 859. The second kappa shape index (κ2) is 9.14. The maximum Gasteiger partial charge on any atom is 0.341 e. The van der Waals surface area contributed by atoms with Crippen LogP contribution in [0.1, 0.15) is 38.1 Å². The van der Waals surface area contributed by atoms with Crippen LogP contribution in [-0.2, 0) is 16.0 Å². The molecular formula is C19H21BrN2O4S. The fourth-order valence-electron chi connectivity index (χ4n) is 2.42. The molecule has 144 valence electrons. The van der Waals surface area contributed by atoms with Crippen molar-refractivity contribution in [1.82, 2.24) is 4.90 Å². The summed E-state index contributed by atoms with van der Waals surface area (Å²) in [6.07, 6.45) is 0.156. The molecule has 1 aromatic carbocycles. The van der Waals surface area contributed by atoms with E-state index in [1.54, 1.807) is 27.9 Å². The van der Waals surface area contributed by atoms with Crippen LogP contribution in [0, 0.1) is 6.92 Å². The third kappa shape index (κ3) is 5.17. The molecule has 0 radical (unpaired) electrons. The number of carbonyl (C=O) groups is 3. The molecule has 2 amide bonds. The molecule has 0 saturated carbocycles. The zero-order valence-electron chi connectivity index (χ0n) is 15.6. The van der Waals surface area contributed by atoms with Crippen molar-refractivity contribution in [2.45, 2.75) is 20.3 Å². The number of thiophene rings is 1. The molecule has 8 heteroatoms. The van der Waals surface area contributed by atoms with Crippen molar-refractivity contribution >= 4 is 50.1 Å². The van der Waals surface area contributed by atoms with Crippen LogP contribution in [0.2, 0.25) is 0 Å². The molecule has 0 spiro atoms. The monoisotopic (exact) mass is 452 g/mol. The Morgan fingerprint density at radius 2 is 1.81 bits per heavy atom. The Morgan fingerprint density at radius 3 is 2.37 bits per heavy atom. The fraction of sp³-hybridized carbons (Fsp3) is 0.316. The van der Waals surface area contributed by atoms with Gasteiger partial charge in [-0.1, -0.05) is 28.1 Å². The van der Waals surface area contributed by atoms with E-state index < -0.39 is 5.97 Å². The lowest BCUT2D eigenvalue weighted by Gasteiger charge is -2.09. The largest absolute Gasteiger partial charge is 0.462 e. The number of hydrogen-bond donors (Lipinski definition) is 1. The maximum atomic E-state index is 12.5. The lowest BCUT2D eigenvalue weighted by atomic mass is 10.1. The molecule has 6 nitrogen and oxygen atoms in total. The van der Waals surface area contributed by atoms with E-state index in [0.717, 1.165) is 21.4 Å². The van der Waals surface area contributed by atoms with Crippen molar-refractivity contribution in [1.29, 1.82) is 0 Å². The molecule has 1 aromatic heterocycles. The van der Waals surface area contributed by atoms with E-state index in [1.165, 1.54) is 4.90 Å². The second-order valence-corrected chi connectivity index (χ2v) is 7.97. The van der Waals surface area contributed by atoms with Crippen LogP contribution < -0.4 is 5.32 Å². The number of anilines is 1. The molecule has 0 fully saturated rings. The number of amides is 2. The smallest absolute Gasteiger partial charge is 0.341 e. The van der Waals surface area contributed by atoms with Gasteiger partial charge in [0.25, 0.3) is 5.91 Å². The Kier molecular flexibility index (Phi) is 7.15. The standard InChI is InChI=1S/C19H21BrN2O4S/c1-5-26-19(25)15-11(2)16(18(24)22(3)4)27-17(15)21-14(23)10-12-6-8-13(20)9-7-12/h6-9H,5,10H2,1-4H3,(H,21,23). The minimum Gasteiger partial charge on any atom is -0.462 e. The van der Waals surface area contributed by atoms with Crippen molar-refractivity contribution in [2.75, 3.05) is 26.0 Å². The number of nitrogens with zero attached hydrogens (tertiary/aromatic N) is 1. The molecule has 2 rings (SSSR count). The topological polar surface area (TPSA) is 75.7 Å². The third-order valence-corrected chi connectivity index (χ3v) is 5.48. The summed E-state index contributed by atoms with van der Waals surface area (Å²) in [4.78, 5) is 39.1. The highest BCUT2D eigenvalue weighted by Crippen LogP contribution is 2.34. The predicted molar refractivity (Wildman–Crippen MR) is 110 cm³/mol. The minimum absolute atomic E-state index is 0.156. The van der Waals surface area contributed by atoms with Crippen LogP contribution >= 0.6 is 27.3 Å². The Morgan fingerprint density at radius 1 is 1.19 bits per heavy atom. The molecule has 2 aromatic rings. The van der Waals surface area contributed by atoms with Gasteiger partial charge in [0.2, 0.25) is 5.91 Å². The molecule has 1 heterocycles. The van der Waals surface area contributed by atoms with Gasteiger partial charge in [0.05, 0.1) is 23.5 Å². The molecule has 0 aliphatic carbocycles. The van der Waals surface area contributed by atoms with Crippen molar-refractivity contribution in [3.05, 3.63) is 50.3 Å². The first kappa shape index (κ1) is 21.1. The van der Waals surface area contributed by atoms with Crippen molar-refractivity contribution in [2.24, 2.45) is 0 Å². The first-order chi connectivity index (χ1) is 12.7. The van der Waals surface area contributed by atoms with Gasteiger partial charge in [-0.05, 0) is 37.1 Å². The van der Waals surface area contributed by atoms with Crippen LogP contribution in [0.25, 0.3) is 0 Å². The van der Waals surface area contributed by atoms with Crippen LogP contribution in [-0.4, -0.2) is 43.4 Å². The van der Waals surface area contributed by atoms with E-state index in [0.29, 0.717) is 15.4 Å². The van der Waals surface area contributed by atoms with E-state index in [9.17, 15) is 14.4 Å². The number of nitrogens with one attached hydrogen (secondary N) is 1. The van der Waals surface area contributed by atoms with Gasteiger partial charge < -0.3 is 15.0 Å². The Hall–Kier alpha value is -2.19. The van der Waals surface area contributed by atoms with E-state index in [4.69, 9.17) is 4.74 Å². The number of carbonyl (C=O) groups excluding carboxylic acids is 3. The summed E-state index contributed by atoms with van der Waals surface area (Å²) < 4.78 is 6.03. The van der Waals surface area contributed by atoms with E-state index >= 15 is 0 Å². The Balaban J connectivity index is 2.31. The summed E-state index contributed by atoms with van der Waals surface area (Å²) in [6.45, 7) is 3.60. The molecule has 0 atom stereocenters. The molecular weight excluding hydrogens is 432 g/mol. The summed E-state index contributed by atoms with van der Waals surface area (Å²) in [7, 11) is 3.27. The van der Waals surface area contributed by atoms with E-state index in [2.05, 4.69) is 21.2 Å². The first-order valence-electron chi connectivity index (χ1n) is 8.31. The average Bonchev–Trinajstić information content (AvgIpc) is 2.92. The quantitative estimate of drug-likeness (QED) is 0.674. The summed E-state index contributed by atoms with van der Waals surface area (Å²) in [5, 5.41) is 3.10. The molecule has 0 aliphatic heterocycles. The zero-order chi connectivity index (χ0) is 20.1. The minimum atomic E-state index is -0.553. The summed E-state index contributed by atoms with van der Waals surface area (Å²) in [6, 6.07) is 7.40. The lowest BCUT2D eigenvalue weighted by molar-refractivity contribution is -0.115. The van der Waals surface area contributed by atoms with Gasteiger partial charge in [-0.25, -0.2) is 4.79 Å². The average molecular weight is 453 g/mol. The fourth-order valence-corrected chi connectivity index (χ4v) is 3.91. The lowest BCUT2D eigenvalue weighted by Crippen LogP contribution is -2.21. The van der Waals surface area contributed by atoms with Crippen LogP contribution in [0.3, 0.4) is 0 Å². The van der Waals surface area contributed by atoms with Gasteiger partial charge >= 0.3 is 5.97 Å². The summed E-state index contributed by atoms with van der Waals surface area (Å²) in [5.74, 6) is -1.05. The van der Waals surface area contributed by atoms with Gasteiger partial charge in [0, 0.05) is 18.6 Å². The molecule has 27 heavy (non-hydrogen) atoms. The number of esters is 1. The molecule has 0 bridgehead atoms. The van der Waals surface area contributed by atoms with Crippen LogP contribution in [0.4, 0.5) is 5.00 Å². The van der Waals surface area contributed by atoms with Crippen molar-refractivity contribution in [3.63, 3.8) is 0 Å². The summed E-state index contributed by atoms with van der Waals surface area (Å²) >= 11 is 4.44. The number of rotatable bonds is 6. The number of hydrogen-bond acceptors (Lipinski definition) is 5. The highest BCUT2D eigenvalue weighted by molar-refractivity contribution is 9.10. The molecule has 0 aliphatic rings. The van der Waals surface area contributed by atoms with Crippen molar-refractivity contribution in [3.8, 4) is 0 Å². The van der Waals surface area contributed by atoms with Gasteiger partial charge in [-0.15, -0.1) is 11.3 Å². The van der Waals surface area contributed by atoms with Gasteiger partial charge in [0.1, 0.15) is 5.00 Å². The number of benzene rings is 1. The van der Waals surface area contributed by atoms with Gasteiger partial charge in [-0.3, -0.25) is 9.59 Å². The van der Waals surface area contributed by atoms with Gasteiger partial charge in [-0.2, -0.15) is 0 Å². The normalized spacial score (nSPS) is 10.4. The third-order valence-electron chi connectivity index (χ3n) is 3.76. The zero-order valence-corrected chi connectivity index (χ0v) is 18.0. The van der Waals surface area contributed by atoms with E-state index in [1.807, 2.05) is 24.3 Å². The van der Waals surface area contributed by atoms with Crippen LogP contribution in [0.5, 0.6) is 0 Å². The Labute approximate surface area is 170 Å². The SMILES string of the molecule is CCOC(=O)c1c(NC(=O)Cc2ccc(Br)cc2)sc(C(=O)N(C)C)c1C. The van der Waals surface area contributed by atoms with Crippen molar-refractivity contribution < 1.29 is 19.1 Å². The second-order valence-electron chi connectivity index (χ2n) is 6.03. The van der Waals surface area contributed by atoms with Crippen LogP contribution in [0.15, 0.2) is 28.7 Å². The molecule has 1 N–H and O–H groups in total. The maximum absolute atomic E-state index is 12.5. The highest BCUT2D eigenvalue weighted by atomic mass is 79.9. The van der Waals surface area contributed by atoms with Gasteiger partial charge in [0.15, 0.2) is 0 Å². The predicted octanol–water partition coefficient (Wildman–Crippen LogP) is 3.88. The molecule has 0 unspecified atom stereocenters. The first-order valence-corrected chi connectivity index (χ1v) is 9.92.